The highest BCUT2D eigenvalue weighted by Gasteiger charge is 2.08. The molecular weight excluding hydrogens is 270 g/mol. The molecule has 0 unspecified atom stereocenters. The molecule has 0 N–H and O–H groups in total. The van der Waals surface area contributed by atoms with Crippen LogP contribution in [0.3, 0.4) is 0 Å². The molecule has 0 radical (unpaired) electrons. The van der Waals surface area contributed by atoms with Gasteiger partial charge in [-0.2, -0.15) is 0 Å². The van der Waals surface area contributed by atoms with Crippen LogP contribution in [-0.2, 0) is 9.84 Å². The van der Waals surface area contributed by atoms with E-state index in [2.05, 4.69) is 0 Å². The number of carbonyl (C=O) groups is 1. The van der Waals surface area contributed by atoms with E-state index in [0.29, 0.717) is 13.0 Å². The van der Waals surface area contributed by atoms with Gasteiger partial charge in [-0.05, 0) is 31.5 Å². The fourth-order valence-electron chi connectivity index (χ4n) is 1.50. The molecule has 0 aromatic carbocycles. The second-order valence-corrected chi connectivity index (χ2v) is 7.64. The molecule has 0 atom stereocenters. The van der Waals surface area contributed by atoms with Crippen LogP contribution >= 0.6 is 11.3 Å². The van der Waals surface area contributed by atoms with Crippen LogP contribution in [0, 0.1) is 0 Å². The number of thiophene rings is 1. The third-order valence-corrected chi connectivity index (χ3v) is 4.42. The van der Waals surface area contributed by atoms with Gasteiger partial charge in [-0.15, -0.1) is 11.3 Å². The molecule has 0 aliphatic rings. The molecule has 0 aliphatic carbocycles. The van der Waals surface area contributed by atoms with Crippen LogP contribution in [0.25, 0.3) is 0 Å². The number of nitrogens with zero attached hydrogens (tertiary/aromatic N) is 1. The highest BCUT2D eigenvalue weighted by Crippen LogP contribution is 2.12. The van der Waals surface area contributed by atoms with Crippen LogP contribution in [0.1, 0.15) is 22.5 Å². The first-order chi connectivity index (χ1) is 8.38. The normalized spacial score (nSPS) is 11.9. The van der Waals surface area contributed by atoms with Crippen molar-refractivity contribution in [1.29, 1.82) is 0 Å². The molecule has 18 heavy (non-hydrogen) atoms. The van der Waals surface area contributed by atoms with E-state index in [9.17, 15) is 13.2 Å². The lowest BCUT2D eigenvalue weighted by Crippen LogP contribution is -2.26. The first-order valence-electron chi connectivity index (χ1n) is 5.81. The highest BCUT2D eigenvalue weighted by atomic mass is 32.2. The van der Waals surface area contributed by atoms with Crippen molar-refractivity contribution >= 4 is 27.0 Å². The van der Waals surface area contributed by atoms with Gasteiger partial charge in [0.15, 0.2) is 5.78 Å². The summed E-state index contributed by atoms with van der Waals surface area (Å²) in [5.74, 6) is 0.337. The maximum absolute atomic E-state index is 11.7. The molecular formula is C12H19NO3S2. The van der Waals surface area contributed by atoms with Crippen molar-refractivity contribution in [1.82, 2.24) is 4.90 Å². The minimum Gasteiger partial charge on any atom is -0.305 e. The Bertz CT molecular complexity index is 466. The van der Waals surface area contributed by atoms with Crippen LogP contribution in [0.4, 0.5) is 0 Å². The Morgan fingerprint density at radius 3 is 2.67 bits per heavy atom. The van der Waals surface area contributed by atoms with Gasteiger partial charge in [0.1, 0.15) is 9.84 Å². The van der Waals surface area contributed by atoms with Crippen LogP contribution < -0.4 is 0 Å². The lowest BCUT2D eigenvalue weighted by atomic mass is 10.2. The molecule has 0 fully saturated rings. The van der Waals surface area contributed by atoms with E-state index < -0.39 is 9.84 Å². The van der Waals surface area contributed by atoms with Crippen molar-refractivity contribution in [3.05, 3.63) is 22.4 Å². The van der Waals surface area contributed by atoms with Crippen LogP contribution in [0.5, 0.6) is 0 Å². The van der Waals surface area contributed by atoms with E-state index in [-0.39, 0.29) is 11.5 Å². The van der Waals surface area contributed by atoms with Gasteiger partial charge >= 0.3 is 0 Å². The van der Waals surface area contributed by atoms with Gasteiger partial charge in [-0.3, -0.25) is 4.79 Å². The van der Waals surface area contributed by atoms with Crippen LogP contribution in [0.15, 0.2) is 17.5 Å². The van der Waals surface area contributed by atoms with Crippen molar-refractivity contribution in [3.63, 3.8) is 0 Å². The summed E-state index contributed by atoms with van der Waals surface area (Å²) in [6, 6.07) is 3.70. The van der Waals surface area contributed by atoms with Gasteiger partial charge in [0.2, 0.25) is 0 Å². The zero-order valence-electron chi connectivity index (χ0n) is 10.8. The zero-order chi connectivity index (χ0) is 13.6. The van der Waals surface area contributed by atoms with Gasteiger partial charge in [0.05, 0.1) is 10.6 Å². The third kappa shape index (κ3) is 6.28. The Kier molecular flexibility index (Phi) is 5.98. The molecule has 1 rings (SSSR count). The predicted molar refractivity (Wildman–Crippen MR) is 75.1 cm³/mol. The van der Waals surface area contributed by atoms with E-state index in [0.717, 1.165) is 17.8 Å². The average molecular weight is 289 g/mol. The quantitative estimate of drug-likeness (QED) is 0.683. The minimum atomic E-state index is -2.90. The molecule has 4 nitrogen and oxygen atoms in total. The topological polar surface area (TPSA) is 54.5 Å². The molecule has 1 heterocycles. The number of hydrogen-bond acceptors (Lipinski definition) is 5. The fraction of sp³-hybridized carbons (Fsp3) is 0.583. The number of sulfone groups is 1. The number of rotatable bonds is 8. The second kappa shape index (κ2) is 7.01. The standard InChI is InChI=1S/C12H19NO3S2/c1-13(8-10-18(2,15)16)7-3-5-11(14)12-6-4-9-17-12/h4,6,9H,3,5,7-8,10H2,1-2H3. The van der Waals surface area contributed by atoms with Gasteiger partial charge < -0.3 is 4.90 Å². The van der Waals surface area contributed by atoms with E-state index in [1.807, 2.05) is 29.5 Å². The van der Waals surface area contributed by atoms with E-state index in [1.54, 1.807) is 0 Å². The molecule has 1 aromatic heterocycles. The minimum absolute atomic E-state index is 0.168. The third-order valence-electron chi connectivity index (χ3n) is 2.58. The Balaban J connectivity index is 2.20. The largest absolute Gasteiger partial charge is 0.305 e. The summed E-state index contributed by atoms with van der Waals surface area (Å²) in [4.78, 5) is 14.4. The summed E-state index contributed by atoms with van der Waals surface area (Å²) in [6.07, 6.45) is 2.52. The molecule has 1 aromatic rings. The van der Waals surface area contributed by atoms with Crippen molar-refractivity contribution in [3.8, 4) is 0 Å². The van der Waals surface area contributed by atoms with E-state index in [4.69, 9.17) is 0 Å². The summed E-state index contributed by atoms with van der Waals surface area (Å²) in [6.45, 7) is 1.26. The maximum Gasteiger partial charge on any atom is 0.172 e. The number of ketones is 1. The monoisotopic (exact) mass is 289 g/mol. The second-order valence-electron chi connectivity index (χ2n) is 4.44. The van der Waals surface area contributed by atoms with Gasteiger partial charge in [0, 0.05) is 19.2 Å². The fourth-order valence-corrected chi connectivity index (χ4v) is 2.84. The van der Waals surface area contributed by atoms with Crippen LogP contribution in [-0.4, -0.2) is 51.2 Å². The Labute approximate surface area is 113 Å². The molecule has 0 aliphatic heterocycles. The average Bonchev–Trinajstić information content (AvgIpc) is 2.78. The first kappa shape index (κ1) is 15.3. The molecule has 0 bridgehead atoms. The summed E-state index contributed by atoms with van der Waals surface area (Å²) >= 11 is 1.46. The van der Waals surface area contributed by atoms with Crippen molar-refractivity contribution in [2.24, 2.45) is 0 Å². The maximum atomic E-state index is 11.7. The van der Waals surface area contributed by atoms with Gasteiger partial charge in [-0.25, -0.2) is 8.42 Å². The highest BCUT2D eigenvalue weighted by molar-refractivity contribution is 7.90. The molecule has 102 valence electrons. The lowest BCUT2D eigenvalue weighted by Gasteiger charge is -2.15. The summed E-state index contributed by atoms with van der Waals surface area (Å²) in [5.41, 5.74) is 0. The molecule has 0 spiro atoms. The van der Waals surface area contributed by atoms with Crippen molar-refractivity contribution < 1.29 is 13.2 Å². The van der Waals surface area contributed by atoms with Gasteiger partial charge in [-0.1, -0.05) is 6.07 Å². The lowest BCUT2D eigenvalue weighted by molar-refractivity contribution is 0.0980. The van der Waals surface area contributed by atoms with Crippen LogP contribution in [0.2, 0.25) is 0 Å². The van der Waals surface area contributed by atoms with Crippen molar-refractivity contribution in [2.45, 2.75) is 12.8 Å². The number of Topliss-reactive ketones (excluding diaryl/α,β-unsaturated/α-hetero) is 1. The SMILES string of the molecule is CN(CCCC(=O)c1cccs1)CCS(C)(=O)=O. The van der Waals surface area contributed by atoms with Crippen molar-refractivity contribution in [2.75, 3.05) is 32.1 Å². The first-order valence-corrected chi connectivity index (χ1v) is 8.75. The summed E-state index contributed by atoms with van der Waals surface area (Å²) in [5, 5.41) is 1.89. The smallest absolute Gasteiger partial charge is 0.172 e. The Morgan fingerprint density at radius 1 is 1.39 bits per heavy atom. The molecule has 6 heteroatoms. The summed E-state index contributed by atoms with van der Waals surface area (Å²) < 4.78 is 22.0. The molecule has 0 saturated heterocycles. The Morgan fingerprint density at radius 2 is 2.11 bits per heavy atom. The predicted octanol–water partition coefficient (Wildman–Crippen LogP) is 1.69. The Hall–Kier alpha value is -0.720. The number of carbonyl (C=O) groups excluding carboxylic acids is 1. The summed E-state index contributed by atoms with van der Waals surface area (Å²) in [7, 11) is -1.03. The molecule has 0 saturated carbocycles. The van der Waals surface area contributed by atoms with E-state index >= 15 is 0 Å². The molecule has 0 amide bonds. The number of hydrogen-bond donors (Lipinski definition) is 0. The van der Waals surface area contributed by atoms with Gasteiger partial charge in [0.25, 0.3) is 0 Å². The van der Waals surface area contributed by atoms with E-state index in [1.165, 1.54) is 17.6 Å². The zero-order valence-corrected chi connectivity index (χ0v) is 12.4.